The van der Waals surface area contributed by atoms with Gasteiger partial charge in [-0.05, 0) is 52.4 Å². The Bertz CT molecular complexity index is 213. The molecular weight excluding hydrogens is 216 g/mol. The van der Waals surface area contributed by atoms with E-state index in [9.17, 15) is 4.79 Å². The molecule has 0 unspecified atom stereocenters. The summed E-state index contributed by atoms with van der Waals surface area (Å²) in [7, 11) is 0. The van der Waals surface area contributed by atoms with Crippen molar-refractivity contribution in [1.29, 1.82) is 0 Å². The Hall–Kier alpha value is -0.610. The molecule has 1 aliphatic heterocycles. The molecule has 0 aromatic heterocycles. The molecule has 17 heavy (non-hydrogen) atoms. The fourth-order valence-electron chi connectivity index (χ4n) is 2.23. The number of hydrogen-bond donors (Lipinski definition) is 1. The molecule has 1 aliphatic rings. The number of likely N-dealkylation sites (tertiary alicyclic amines) is 1. The lowest BCUT2D eigenvalue weighted by Crippen LogP contribution is -2.42. The predicted octanol–water partition coefficient (Wildman–Crippen LogP) is 1.40. The molecule has 0 saturated carbocycles. The summed E-state index contributed by atoms with van der Waals surface area (Å²) in [5.41, 5.74) is 0. The van der Waals surface area contributed by atoms with Gasteiger partial charge < -0.3 is 15.0 Å². The van der Waals surface area contributed by atoms with Crippen molar-refractivity contribution < 1.29 is 9.53 Å². The molecule has 0 atom stereocenters. The summed E-state index contributed by atoms with van der Waals surface area (Å²) in [5, 5.41) is 3.53. The van der Waals surface area contributed by atoms with Crippen molar-refractivity contribution in [3.05, 3.63) is 0 Å². The van der Waals surface area contributed by atoms with Crippen LogP contribution in [0.4, 0.5) is 0 Å². The number of esters is 1. The van der Waals surface area contributed by atoms with Crippen LogP contribution in [0.25, 0.3) is 0 Å². The van der Waals surface area contributed by atoms with E-state index in [1.807, 2.05) is 6.92 Å². The molecule has 0 spiro atoms. The third-order valence-electron chi connectivity index (χ3n) is 3.33. The van der Waals surface area contributed by atoms with Crippen molar-refractivity contribution in [3.8, 4) is 0 Å². The lowest BCUT2D eigenvalue weighted by Gasteiger charge is -2.31. The van der Waals surface area contributed by atoms with Gasteiger partial charge in [0, 0.05) is 12.5 Å². The second-order valence-corrected chi connectivity index (χ2v) is 4.57. The number of nitrogens with zero attached hydrogens (tertiary/aromatic N) is 1. The largest absolute Gasteiger partial charge is 0.466 e. The number of ether oxygens (including phenoxy) is 1. The third-order valence-corrected chi connectivity index (χ3v) is 3.33. The molecule has 1 saturated heterocycles. The minimum atomic E-state index is -0.0740. The highest BCUT2D eigenvalue weighted by atomic mass is 16.5. The summed E-state index contributed by atoms with van der Waals surface area (Å²) >= 11 is 0. The Kier molecular flexibility index (Phi) is 7.21. The Morgan fingerprint density at radius 1 is 1.35 bits per heavy atom. The van der Waals surface area contributed by atoms with Gasteiger partial charge in [-0.1, -0.05) is 6.92 Å². The van der Waals surface area contributed by atoms with Crippen molar-refractivity contribution >= 4 is 5.97 Å². The van der Waals surface area contributed by atoms with E-state index in [1.54, 1.807) is 0 Å². The average Bonchev–Trinajstić information content (AvgIpc) is 2.36. The van der Waals surface area contributed by atoms with E-state index < -0.39 is 0 Å². The van der Waals surface area contributed by atoms with Gasteiger partial charge in [0.15, 0.2) is 0 Å². The first-order chi connectivity index (χ1) is 8.26. The van der Waals surface area contributed by atoms with Gasteiger partial charge in [0.2, 0.25) is 0 Å². The van der Waals surface area contributed by atoms with E-state index in [1.165, 1.54) is 25.9 Å². The zero-order valence-electron chi connectivity index (χ0n) is 11.2. The van der Waals surface area contributed by atoms with Crippen LogP contribution in [0.3, 0.4) is 0 Å². The van der Waals surface area contributed by atoms with Gasteiger partial charge in [-0.3, -0.25) is 4.79 Å². The minimum Gasteiger partial charge on any atom is -0.466 e. The topological polar surface area (TPSA) is 41.6 Å². The maximum atomic E-state index is 11.1. The molecule has 1 fully saturated rings. The number of carbonyl (C=O) groups excluding carboxylic acids is 1. The molecule has 0 aliphatic carbocycles. The van der Waals surface area contributed by atoms with Crippen LogP contribution in [0.15, 0.2) is 0 Å². The van der Waals surface area contributed by atoms with Crippen molar-refractivity contribution in [1.82, 2.24) is 10.2 Å². The van der Waals surface area contributed by atoms with Crippen LogP contribution < -0.4 is 5.32 Å². The van der Waals surface area contributed by atoms with Crippen molar-refractivity contribution in [2.45, 2.75) is 45.6 Å². The zero-order chi connectivity index (χ0) is 12.5. The molecular formula is C13H26N2O2. The van der Waals surface area contributed by atoms with Gasteiger partial charge >= 0.3 is 5.97 Å². The molecule has 0 radical (unpaired) electrons. The molecule has 1 heterocycles. The van der Waals surface area contributed by atoms with Crippen LogP contribution in [0.1, 0.15) is 39.5 Å². The van der Waals surface area contributed by atoms with E-state index >= 15 is 0 Å². The smallest absolute Gasteiger partial charge is 0.305 e. The monoisotopic (exact) mass is 242 g/mol. The van der Waals surface area contributed by atoms with E-state index in [2.05, 4.69) is 17.1 Å². The Labute approximate surface area is 105 Å². The minimum absolute atomic E-state index is 0.0740. The number of rotatable bonds is 7. The van der Waals surface area contributed by atoms with Gasteiger partial charge in [-0.25, -0.2) is 0 Å². The summed E-state index contributed by atoms with van der Waals surface area (Å²) < 4.78 is 4.89. The summed E-state index contributed by atoms with van der Waals surface area (Å²) in [6.07, 6.45) is 3.88. The first-order valence-corrected chi connectivity index (χ1v) is 6.87. The van der Waals surface area contributed by atoms with Crippen LogP contribution in [0.5, 0.6) is 0 Å². The van der Waals surface area contributed by atoms with Gasteiger partial charge in [0.05, 0.1) is 6.61 Å². The van der Waals surface area contributed by atoms with Crippen LogP contribution in [-0.4, -0.2) is 49.7 Å². The molecule has 0 bridgehead atoms. The zero-order valence-corrected chi connectivity index (χ0v) is 11.2. The van der Waals surface area contributed by atoms with E-state index in [0.717, 1.165) is 19.5 Å². The highest BCUT2D eigenvalue weighted by molar-refractivity contribution is 5.69. The fourth-order valence-corrected chi connectivity index (χ4v) is 2.23. The van der Waals surface area contributed by atoms with Crippen molar-refractivity contribution in [2.24, 2.45) is 0 Å². The molecule has 0 amide bonds. The maximum absolute atomic E-state index is 11.1. The van der Waals surface area contributed by atoms with Crippen molar-refractivity contribution in [3.63, 3.8) is 0 Å². The van der Waals surface area contributed by atoms with Gasteiger partial charge in [0.1, 0.15) is 0 Å². The number of carbonyl (C=O) groups is 1. The standard InChI is InChI=1S/C13H26N2O2/c1-3-15-10-7-12(8-11-15)14-9-5-6-13(16)17-4-2/h12,14H,3-11H2,1-2H3. The summed E-state index contributed by atoms with van der Waals surface area (Å²) in [4.78, 5) is 13.6. The summed E-state index contributed by atoms with van der Waals surface area (Å²) in [6.45, 7) is 9.04. The van der Waals surface area contributed by atoms with E-state index in [0.29, 0.717) is 19.1 Å². The third kappa shape index (κ3) is 6.03. The molecule has 0 aromatic rings. The normalized spacial score (nSPS) is 18.2. The first-order valence-electron chi connectivity index (χ1n) is 6.87. The molecule has 1 N–H and O–H groups in total. The molecule has 100 valence electrons. The van der Waals surface area contributed by atoms with Crippen LogP contribution in [0, 0.1) is 0 Å². The second kappa shape index (κ2) is 8.48. The predicted molar refractivity (Wildman–Crippen MR) is 69.0 cm³/mol. The van der Waals surface area contributed by atoms with E-state index in [4.69, 9.17) is 4.74 Å². The number of piperidine rings is 1. The van der Waals surface area contributed by atoms with Gasteiger partial charge in [-0.2, -0.15) is 0 Å². The quantitative estimate of drug-likeness (QED) is 0.541. The van der Waals surface area contributed by atoms with Crippen molar-refractivity contribution in [2.75, 3.05) is 32.8 Å². The fraction of sp³-hybridized carbons (Fsp3) is 0.923. The summed E-state index contributed by atoms with van der Waals surface area (Å²) in [6, 6.07) is 0.639. The van der Waals surface area contributed by atoms with Crippen LogP contribution in [0.2, 0.25) is 0 Å². The Morgan fingerprint density at radius 2 is 2.06 bits per heavy atom. The highest BCUT2D eigenvalue weighted by Gasteiger charge is 2.16. The van der Waals surface area contributed by atoms with E-state index in [-0.39, 0.29) is 5.97 Å². The number of hydrogen-bond acceptors (Lipinski definition) is 4. The second-order valence-electron chi connectivity index (χ2n) is 4.57. The summed E-state index contributed by atoms with van der Waals surface area (Å²) in [5.74, 6) is -0.0740. The molecule has 4 nitrogen and oxygen atoms in total. The Morgan fingerprint density at radius 3 is 2.65 bits per heavy atom. The SMILES string of the molecule is CCOC(=O)CCCNC1CCN(CC)CC1. The highest BCUT2D eigenvalue weighted by Crippen LogP contribution is 2.09. The lowest BCUT2D eigenvalue weighted by atomic mass is 10.1. The Balaban J connectivity index is 1.98. The first kappa shape index (κ1) is 14.5. The molecule has 1 rings (SSSR count). The number of nitrogens with one attached hydrogen (secondary N) is 1. The van der Waals surface area contributed by atoms with Crippen LogP contribution in [-0.2, 0) is 9.53 Å². The molecule has 0 aromatic carbocycles. The van der Waals surface area contributed by atoms with Crippen LogP contribution >= 0.6 is 0 Å². The van der Waals surface area contributed by atoms with Gasteiger partial charge in [0.25, 0.3) is 0 Å². The average molecular weight is 242 g/mol. The van der Waals surface area contributed by atoms with Gasteiger partial charge in [-0.15, -0.1) is 0 Å². The maximum Gasteiger partial charge on any atom is 0.305 e. The molecule has 4 heteroatoms. The lowest BCUT2D eigenvalue weighted by molar-refractivity contribution is -0.143.